The molecule has 10 heavy (non-hydrogen) atoms. The summed E-state index contributed by atoms with van der Waals surface area (Å²) in [5.74, 6) is 4.58. The van der Waals surface area contributed by atoms with Gasteiger partial charge in [-0.3, -0.25) is 4.79 Å². The number of hydrogen-bond donors (Lipinski definition) is 1. The van der Waals surface area contributed by atoms with Gasteiger partial charge in [-0.2, -0.15) is 15.4 Å². The van der Waals surface area contributed by atoms with Gasteiger partial charge in [0.15, 0.2) is 6.29 Å². The predicted octanol–water partition coefficient (Wildman–Crippen LogP) is 0.0133. The highest BCUT2D eigenvalue weighted by Crippen LogP contribution is 1.55. The molecule has 1 aromatic rings. The van der Waals surface area contributed by atoms with Crippen LogP contribution in [0.25, 0.3) is 0 Å². The number of aromatic amines is 1. The standard InChI is InChI=1S/C4H4O.C2H3N3/c1-2-3-4-5;1-2-4-5-3-1/h4H,1H3;1-2H,(H,3,4,5). The molecular formula is C6H7N3O. The van der Waals surface area contributed by atoms with Gasteiger partial charge < -0.3 is 0 Å². The Balaban J connectivity index is 0.000000162. The Hall–Kier alpha value is -1.63. The lowest BCUT2D eigenvalue weighted by molar-refractivity contribution is -0.103. The summed E-state index contributed by atoms with van der Waals surface area (Å²) in [6.07, 6.45) is 3.74. The molecule has 0 aliphatic carbocycles. The third-order valence-electron chi connectivity index (χ3n) is 0.534. The molecule has 0 aliphatic heterocycles. The van der Waals surface area contributed by atoms with Crippen LogP contribution in [0.4, 0.5) is 0 Å². The summed E-state index contributed by atoms with van der Waals surface area (Å²) in [4.78, 5) is 9.23. The van der Waals surface area contributed by atoms with Crippen molar-refractivity contribution < 1.29 is 4.79 Å². The predicted molar refractivity (Wildman–Crippen MR) is 35.9 cm³/mol. The number of rotatable bonds is 0. The van der Waals surface area contributed by atoms with Crippen LogP contribution in [0.3, 0.4) is 0 Å². The number of carbonyl (C=O) groups excluding carboxylic acids is 1. The minimum Gasteiger partial charge on any atom is -0.289 e. The molecule has 0 bridgehead atoms. The number of hydrogen-bond acceptors (Lipinski definition) is 3. The second-order valence-electron chi connectivity index (χ2n) is 1.17. The van der Waals surface area contributed by atoms with E-state index in [1.54, 1.807) is 19.3 Å². The first-order chi connectivity index (χ1) is 4.91. The number of nitrogens with one attached hydrogen (secondary N) is 1. The van der Waals surface area contributed by atoms with E-state index in [1.807, 2.05) is 0 Å². The molecular weight excluding hydrogens is 130 g/mol. The van der Waals surface area contributed by atoms with Crippen molar-refractivity contribution in [3.05, 3.63) is 12.4 Å². The van der Waals surface area contributed by atoms with Gasteiger partial charge in [0.2, 0.25) is 0 Å². The number of nitrogens with zero attached hydrogens (tertiary/aromatic N) is 2. The molecule has 0 aromatic carbocycles. The van der Waals surface area contributed by atoms with E-state index in [2.05, 4.69) is 27.3 Å². The molecule has 0 amide bonds. The summed E-state index contributed by atoms with van der Waals surface area (Å²) in [6, 6.07) is 0. The van der Waals surface area contributed by atoms with Crippen LogP contribution in [-0.4, -0.2) is 21.7 Å². The maximum atomic E-state index is 9.23. The van der Waals surface area contributed by atoms with E-state index >= 15 is 0 Å². The first-order valence-corrected chi connectivity index (χ1v) is 2.57. The van der Waals surface area contributed by atoms with Gasteiger partial charge in [-0.25, -0.2) is 0 Å². The van der Waals surface area contributed by atoms with Crippen molar-refractivity contribution in [3.63, 3.8) is 0 Å². The lowest BCUT2D eigenvalue weighted by Crippen LogP contribution is -1.61. The zero-order chi connectivity index (χ0) is 7.66. The van der Waals surface area contributed by atoms with Crippen LogP contribution in [0, 0.1) is 11.8 Å². The molecule has 1 heterocycles. The summed E-state index contributed by atoms with van der Waals surface area (Å²) in [6.45, 7) is 1.62. The average molecular weight is 137 g/mol. The largest absolute Gasteiger partial charge is 0.289 e. The van der Waals surface area contributed by atoms with E-state index in [9.17, 15) is 4.79 Å². The van der Waals surface area contributed by atoms with Crippen molar-refractivity contribution in [2.24, 2.45) is 0 Å². The molecule has 1 rings (SSSR count). The van der Waals surface area contributed by atoms with Crippen LogP contribution >= 0.6 is 0 Å². The summed E-state index contributed by atoms with van der Waals surface area (Å²) in [7, 11) is 0. The van der Waals surface area contributed by atoms with Crippen molar-refractivity contribution in [2.45, 2.75) is 6.92 Å². The van der Waals surface area contributed by atoms with Crippen LogP contribution < -0.4 is 0 Å². The quantitative estimate of drug-likeness (QED) is 0.405. The smallest absolute Gasteiger partial charge is 0.192 e. The molecule has 4 heteroatoms. The normalized spacial score (nSPS) is 6.10. The van der Waals surface area contributed by atoms with Crippen molar-refractivity contribution in [1.82, 2.24) is 15.4 Å². The first-order valence-electron chi connectivity index (χ1n) is 2.57. The fourth-order valence-electron chi connectivity index (χ4n) is 0.226. The topological polar surface area (TPSA) is 58.6 Å². The highest BCUT2D eigenvalue weighted by atomic mass is 16.1. The summed E-state index contributed by atoms with van der Waals surface area (Å²) >= 11 is 0. The van der Waals surface area contributed by atoms with Gasteiger partial charge >= 0.3 is 0 Å². The summed E-state index contributed by atoms with van der Waals surface area (Å²) in [5, 5.41) is 9.33. The lowest BCUT2D eigenvalue weighted by Gasteiger charge is -1.48. The van der Waals surface area contributed by atoms with Crippen molar-refractivity contribution in [2.75, 3.05) is 0 Å². The summed E-state index contributed by atoms with van der Waals surface area (Å²) in [5.41, 5.74) is 0. The van der Waals surface area contributed by atoms with Gasteiger partial charge in [-0.05, 0) is 12.8 Å². The average Bonchev–Trinajstić information content (AvgIpc) is 2.44. The van der Waals surface area contributed by atoms with Gasteiger partial charge in [-0.1, -0.05) is 5.92 Å². The molecule has 0 aliphatic rings. The van der Waals surface area contributed by atoms with Crippen LogP contribution in [0.5, 0.6) is 0 Å². The van der Waals surface area contributed by atoms with Crippen LogP contribution in [-0.2, 0) is 4.79 Å². The number of aldehydes is 1. The van der Waals surface area contributed by atoms with E-state index in [1.165, 1.54) is 0 Å². The van der Waals surface area contributed by atoms with Gasteiger partial charge in [-0.15, -0.1) is 0 Å². The SMILES string of the molecule is CC#CC=O.c1cn[nH]n1. The molecule has 0 saturated heterocycles. The Morgan fingerprint density at radius 3 is 2.20 bits per heavy atom. The van der Waals surface area contributed by atoms with Crippen LogP contribution in [0.15, 0.2) is 12.4 Å². The molecule has 0 spiro atoms. The number of H-pyrrole nitrogens is 1. The molecule has 52 valence electrons. The van der Waals surface area contributed by atoms with E-state index in [0.29, 0.717) is 6.29 Å². The molecule has 0 fully saturated rings. The zero-order valence-corrected chi connectivity index (χ0v) is 5.53. The summed E-state index contributed by atoms with van der Waals surface area (Å²) < 4.78 is 0. The Bertz CT molecular complexity index is 189. The highest BCUT2D eigenvalue weighted by molar-refractivity contribution is 5.72. The van der Waals surface area contributed by atoms with Gasteiger partial charge in [0.05, 0.1) is 12.4 Å². The highest BCUT2D eigenvalue weighted by Gasteiger charge is 1.57. The third-order valence-corrected chi connectivity index (χ3v) is 0.534. The fourth-order valence-corrected chi connectivity index (χ4v) is 0.226. The number of carbonyl (C=O) groups is 1. The fraction of sp³-hybridized carbons (Fsp3) is 0.167. The molecule has 0 saturated carbocycles. The maximum Gasteiger partial charge on any atom is 0.192 e. The van der Waals surface area contributed by atoms with E-state index in [0.717, 1.165) is 0 Å². The molecule has 0 atom stereocenters. The van der Waals surface area contributed by atoms with Gasteiger partial charge in [0.25, 0.3) is 0 Å². The molecule has 4 nitrogen and oxygen atoms in total. The zero-order valence-electron chi connectivity index (χ0n) is 5.53. The second-order valence-corrected chi connectivity index (χ2v) is 1.17. The molecule has 0 unspecified atom stereocenters. The molecule has 1 N–H and O–H groups in total. The monoisotopic (exact) mass is 137 g/mol. The Morgan fingerprint density at radius 1 is 1.50 bits per heavy atom. The van der Waals surface area contributed by atoms with Crippen molar-refractivity contribution in [3.8, 4) is 11.8 Å². The van der Waals surface area contributed by atoms with Crippen molar-refractivity contribution in [1.29, 1.82) is 0 Å². The number of aromatic nitrogens is 3. The maximum absolute atomic E-state index is 9.23. The van der Waals surface area contributed by atoms with E-state index in [-0.39, 0.29) is 0 Å². The Kier molecular flexibility index (Phi) is 6.17. The van der Waals surface area contributed by atoms with Crippen molar-refractivity contribution >= 4 is 6.29 Å². The minimum absolute atomic E-state index is 0.569. The lowest BCUT2D eigenvalue weighted by atomic mass is 10.7. The second kappa shape index (κ2) is 7.37. The minimum atomic E-state index is 0.569. The third kappa shape index (κ3) is 6.37. The van der Waals surface area contributed by atoms with Crippen LogP contribution in [0.1, 0.15) is 6.92 Å². The Labute approximate surface area is 58.6 Å². The van der Waals surface area contributed by atoms with Gasteiger partial charge in [0.1, 0.15) is 0 Å². The Morgan fingerprint density at radius 2 is 2.10 bits per heavy atom. The van der Waals surface area contributed by atoms with E-state index in [4.69, 9.17) is 0 Å². The molecule has 1 aromatic heterocycles. The first kappa shape index (κ1) is 8.37. The van der Waals surface area contributed by atoms with Crippen LogP contribution in [0.2, 0.25) is 0 Å². The van der Waals surface area contributed by atoms with Gasteiger partial charge in [0, 0.05) is 0 Å². The molecule has 0 radical (unpaired) electrons. The van der Waals surface area contributed by atoms with E-state index < -0.39 is 0 Å².